The molecule has 0 radical (unpaired) electrons. The van der Waals surface area contributed by atoms with Gasteiger partial charge in [-0.25, -0.2) is 4.39 Å². The number of nitrogens with zero attached hydrogens (tertiary/aromatic N) is 2. The van der Waals surface area contributed by atoms with E-state index in [1.807, 2.05) is 4.90 Å². The van der Waals surface area contributed by atoms with Crippen molar-refractivity contribution in [3.63, 3.8) is 0 Å². The Kier molecular flexibility index (Phi) is 5.83. The number of ether oxygens (including phenoxy) is 1. The van der Waals surface area contributed by atoms with Gasteiger partial charge in [0.05, 0.1) is 11.6 Å². The van der Waals surface area contributed by atoms with Crippen molar-refractivity contribution in [1.29, 1.82) is 0 Å². The van der Waals surface area contributed by atoms with Crippen LogP contribution in [0, 0.1) is 23.6 Å². The third kappa shape index (κ3) is 4.28. The minimum atomic E-state index is -0.354. The highest BCUT2D eigenvalue weighted by Crippen LogP contribution is 2.40. The molecule has 0 N–H and O–H groups in total. The molecule has 1 amide bonds. The van der Waals surface area contributed by atoms with E-state index in [-0.39, 0.29) is 42.1 Å². The van der Waals surface area contributed by atoms with Crippen LogP contribution in [0.2, 0.25) is 0 Å². The molecular weight excluding hydrogens is 375 g/mol. The number of piperazine rings is 1. The zero-order valence-electron chi connectivity index (χ0n) is 16.5. The van der Waals surface area contributed by atoms with E-state index < -0.39 is 0 Å². The Morgan fingerprint density at radius 3 is 2.34 bits per heavy atom. The highest BCUT2D eigenvalue weighted by molar-refractivity contribution is 5.88. The van der Waals surface area contributed by atoms with E-state index in [0.717, 1.165) is 19.3 Å². The summed E-state index contributed by atoms with van der Waals surface area (Å²) in [5.41, 5.74) is 0.545. The smallest absolute Gasteiger partial charge is 0.309 e. The standard InChI is InChI=1S/C22H27FN2O4/c23-18-6-1-2-7-19(18)24-8-10-25(11-9-24)20(26)14-29-22(28)17-12-15-4-3-5-16(13-17)21(15)27/h1-2,6-7,15-17H,3-5,8-14H2/t15-,16-/m1/s1. The van der Waals surface area contributed by atoms with Crippen LogP contribution in [0.15, 0.2) is 24.3 Å². The van der Waals surface area contributed by atoms with Crippen LogP contribution in [0.5, 0.6) is 0 Å². The maximum Gasteiger partial charge on any atom is 0.309 e. The molecule has 1 heterocycles. The Morgan fingerprint density at radius 2 is 1.69 bits per heavy atom. The van der Waals surface area contributed by atoms with Gasteiger partial charge in [0.2, 0.25) is 0 Å². The molecule has 7 heteroatoms. The molecule has 4 rings (SSSR count). The fourth-order valence-corrected chi connectivity index (χ4v) is 4.92. The van der Waals surface area contributed by atoms with Gasteiger partial charge in [-0.2, -0.15) is 0 Å². The zero-order valence-corrected chi connectivity index (χ0v) is 16.5. The molecule has 1 aliphatic heterocycles. The zero-order chi connectivity index (χ0) is 20.4. The molecule has 1 saturated heterocycles. The number of hydrogen-bond donors (Lipinski definition) is 0. The van der Waals surface area contributed by atoms with Crippen LogP contribution < -0.4 is 4.90 Å². The molecule has 6 nitrogen and oxygen atoms in total. The van der Waals surface area contributed by atoms with E-state index in [1.54, 1.807) is 23.1 Å². The van der Waals surface area contributed by atoms with Crippen LogP contribution in [0.25, 0.3) is 0 Å². The van der Waals surface area contributed by atoms with Gasteiger partial charge in [0, 0.05) is 38.0 Å². The highest BCUT2D eigenvalue weighted by atomic mass is 19.1. The van der Waals surface area contributed by atoms with Gasteiger partial charge in [0.15, 0.2) is 6.61 Å². The number of anilines is 1. The Morgan fingerprint density at radius 1 is 1.03 bits per heavy atom. The number of carbonyl (C=O) groups is 3. The van der Waals surface area contributed by atoms with Crippen molar-refractivity contribution in [3.8, 4) is 0 Å². The lowest BCUT2D eigenvalue weighted by Crippen LogP contribution is -2.50. The Balaban J connectivity index is 1.24. The summed E-state index contributed by atoms with van der Waals surface area (Å²) in [6, 6.07) is 6.61. The van der Waals surface area contributed by atoms with Crippen molar-refractivity contribution < 1.29 is 23.5 Å². The highest BCUT2D eigenvalue weighted by Gasteiger charge is 2.42. The Hall–Kier alpha value is -2.44. The van der Waals surface area contributed by atoms with E-state index in [9.17, 15) is 18.8 Å². The normalized spacial score (nSPS) is 26.9. The van der Waals surface area contributed by atoms with E-state index >= 15 is 0 Å². The number of fused-ring (bicyclic) bond motifs is 2. The molecule has 156 valence electrons. The van der Waals surface area contributed by atoms with Gasteiger partial charge in [-0.05, 0) is 37.8 Å². The van der Waals surface area contributed by atoms with Crippen molar-refractivity contribution in [2.45, 2.75) is 32.1 Å². The maximum atomic E-state index is 13.9. The van der Waals surface area contributed by atoms with E-state index in [4.69, 9.17) is 4.74 Å². The fourth-order valence-electron chi connectivity index (χ4n) is 4.92. The molecule has 3 fully saturated rings. The van der Waals surface area contributed by atoms with Gasteiger partial charge in [-0.1, -0.05) is 18.6 Å². The number of ketones is 1. The SMILES string of the molecule is O=C(OCC(=O)N1CCN(c2ccccc2F)CC1)C1C[C@H]2CCC[C@H](C1)C2=O. The van der Waals surface area contributed by atoms with E-state index in [1.165, 1.54) is 6.07 Å². The predicted octanol–water partition coefficient (Wildman–Crippen LogP) is 2.41. The second-order valence-corrected chi connectivity index (χ2v) is 8.32. The molecule has 1 aromatic carbocycles. The molecular formula is C22H27FN2O4. The summed E-state index contributed by atoms with van der Waals surface area (Å²) in [7, 11) is 0. The largest absolute Gasteiger partial charge is 0.455 e. The van der Waals surface area contributed by atoms with Crippen molar-refractivity contribution >= 4 is 23.3 Å². The summed E-state index contributed by atoms with van der Waals surface area (Å²) in [5.74, 6) is -0.828. The summed E-state index contributed by atoms with van der Waals surface area (Å²) >= 11 is 0. The first-order chi connectivity index (χ1) is 14.0. The molecule has 0 unspecified atom stereocenters. The van der Waals surface area contributed by atoms with Crippen molar-refractivity contribution in [2.75, 3.05) is 37.7 Å². The number of benzene rings is 1. The van der Waals surface area contributed by atoms with Crippen LogP contribution in [0.4, 0.5) is 10.1 Å². The van der Waals surface area contributed by atoms with Gasteiger partial charge >= 0.3 is 5.97 Å². The number of halogens is 1. The van der Waals surface area contributed by atoms with Crippen LogP contribution >= 0.6 is 0 Å². The number of carbonyl (C=O) groups excluding carboxylic acids is 3. The summed E-state index contributed by atoms with van der Waals surface area (Å²) in [6.07, 6.45) is 3.90. The van der Waals surface area contributed by atoms with Crippen molar-refractivity contribution in [1.82, 2.24) is 4.90 Å². The van der Waals surface area contributed by atoms with Gasteiger partial charge < -0.3 is 14.5 Å². The van der Waals surface area contributed by atoms with Crippen molar-refractivity contribution in [2.24, 2.45) is 17.8 Å². The number of amides is 1. The van der Waals surface area contributed by atoms with Crippen LogP contribution in [0.3, 0.4) is 0 Å². The summed E-state index contributed by atoms with van der Waals surface area (Å²) < 4.78 is 19.2. The number of hydrogen-bond acceptors (Lipinski definition) is 5. The molecule has 1 aromatic rings. The van der Waals surface area contributed by atoms with Crippen LogP contribution in [0.1, 0.15) is 32.1 Å². The fraction of sp³-hybridized carbons (Fsp3) is 0.591. The third-order valence-electron chi connectivity index (χ3n) is 6.54. The first-order valence-corrected chi connectivity index (χ1v) is 10.5. The maximum absolute atomic E-state index is 13.9. The Labute approximate surface area is 170 Å². The number of esters is 1. The summed E-state index contributed by atoms with van der Waals surface area (Å²) in [4.78, 5) is 40.6. The van der Waals surface area contributed by atoms with Crippen LogP contribution in [-0.4, -0.2) is 55.3 Å². The van der Waals surface area contributed by atoms with E-state index in [2.05, 4.69) is 0 Å². The Bertz CT molecular complexity index is 775. The van der Waals surface area contributed by atoms with Crippen molar-refractivity contribution in [3.05, 3.63) is 30.1 Å². The molecule has 2 atom stereocenters. The summed E-state index contributed by atoms with van der Waals surface area (Å²) in [6.45, 7) is 1.74. The molecule has 0 spiro atoms. The average molecular weight is 402 g/mol. The van der Waals surface area contributed by atoms with E-state index in [0.29, 0.717) is 50.5 Å². The predicted molar refractivity (Wildman–Crippen MR) is 105 cm³/mol. The van der Waals surface area contributed by atoms with Gasteiger partial charge in [0.1, 0.15) is 11.6 Å². The lowest BCUT2D eigenvalue weighted by molar-refractivity contribution is -0.159. The first-order valence-electron chi connectivity index (χ1n) is 10.5. The molecule has 2 aliphatic carbocycles. The number of rotatable bonds is 4. The monoisotopic (exact) mass is 402 g/mol. The molecule has 29 heavy (non-hydrogen) atoms. The second-order valence-electron chi connectivity index (χ2n) is 8.32. The average Bonchev–Trinajstić information content (AvgIpc) is 2.72. The lowest BCUT2D eigenvalue weighted by Gasteiger charge is -2.37. The molecule has 2 saturated carbocycles. The minimum absolute atomic E-state index is 0.0118. The summed E-state index contributed by atoms with van der Waals surface area (Å²) in [5, 5.41) is 0. The minimum Gasteiger partial charge on any atom is -0.455 e. The second kappa shape index (κ2) is 8.51. The molecule has 0 aromatic heterocycles. The van der Waals surface area contributed by atoms with Crippen LogP contribution in [-0.2, 0) is 19.1 Å². The topological polar surface area (TPSA) is 66.9 Å². The van der Waals surface area contributed by atoms with Gasteiger partial charge in [-0.3, -0.25) is 14.4 Å². The van der Waals surface area contributed by atoms with Gasteiger partial charge in [-0.15, -0.1) is 0 Å². The number of Topliss-reactive ketones (excluding diaryl/α,β-unsaturated/α-hetero) is 1. The van der Waals surface area contributed by atoms with Gasteiger partial charge in [0.25, 0.3) is 5.91 Å². The first kappa shape index (κ1) is 19.9. The molecule has 2 bridgehead atoms. The quantitative estimate of drug-likeness (QED) is 0.724. The lowest BCUT2D eigenvalue weighted by atomic mass is 9.67. The third-order valence-corrected chi connectivity index (χ3v) is 6.54. The molecule has 3 aliphatic rings. The number of para-hydroxylation sites is 1.